The first-order valence-electron chi connectivity index (χ1n) is 6.27. The van der Waals surface area contributed by atoms with Crippen molar-refractivity contribution in [3.05, 3.63) is 63.6 Å². The summed E-state index contributed by atoms with van der Waals surface area (Å²) in [5.41, 5.74) is 0.663. The van der Waals surface area contributed by atoms with Crippen LogP contribution in [-0.4, -0.2) is 22.1 Å². The number of hydrogen-bond acceptors (Lipinski definition) is 3. The van der Waals surface area contributed by atoms with E-state index in [1.165, 1.54) is 24.3 Å². The van der Waals surface area contributed by atoms with Crippen molar-refractivity contribution in [3.8, 4) is 0 Å². The van der Waals surface area contributed by atoms with Crippen molar-refractivity contribution in [2.75, 3.05) is 5.32 Å². The van der Waals surface area contributed by atoms with E-state index in [-0.39, 0.29) is 21.4 Å². The molecule has 0 fully saturated rings. The van der Waals surface area contributed by atoms with Gasteiger partial charge in [-0.3, -0.25) is 10.1 Å². The zero-order chi connectivity index (χ0) is 17.0. The van der Waals surface area contributed by atoms with Gasteiger partial charge in [0.1, 0.15) is 0 Å². The Morgan fingerprint density at radius 1 is 1.04 bits per heavy atom. The first-order valence-corrected chi connectivity index (χ1v) is 7.44. The molecule has 1 amide bonds. The van der Waals surface area contributed by atoms with Gasteiger partial charge in [-0.25, -0.2) is 4.79 Å². The monoisotopic (exact) mass is 368 g/mol. The number of hydrogen-bond donors (Lipinski definition) is 3. The number of halogens is 2. The van der Waals surface area contributed by atoms with E-state index in [0.717, 1.165) is 0 Å². The molecule has 0 saturated heterocycles. The van der Waals surface area contributed by atoms with Crippen molar-refractivity contribution in [2.24, 2.45) is 0 Å². The van der Waals surface area contributed by atoms with Crippen LogP contribution in [0.4, 0.5) is 5.69 Å². The fourth-order valence-electron chi connectivity index (χ4n) is 1.71. The first kappa shape index (κ1) is 17.2. The average molecular weight is 369 g/mol. The van der Waals surface area contributed by atoms with Crippen molar-refractivity contribution in [2.45, 2.75) is 0 Å². The van der Waals surface area contributed by atoms with Gasteiger partial charge in [0.25, 0.3) is 5.91 Å². The van der Waals surface area contributed by atoms with Gasteiger partial charge in [-0.15, -0.1) is 0 Å². The van der Waals surface area contributed by atoms with Crippen molar-refractivity contribution < 1.29 is 14.7 Å². The molecule has 8 heteroatoms. The summed E-state index contributed by atoms with van der Waals surface area (Å²) in [6.45, 7) is 0. The van der Waals surface area contributed by atoms with Gasteiger partial charge in [0.15, 0.2) is 5.11 Å². The Bertz CT molecular complexity index is 796. The smallest absolute Gasteiger partial charge is 0.335 e. The summed E-state index contributed by atoms with van der Waals surface area (Å²) in [5, 5.41) is 14.8. The predicted octanol–water partition coefficient (Wildman–Crippen LogP) is 3.82. The SMILES string of the molecule is O=C(O)c1ccc(Cl)c(NC(=S)NC(=O)c2cccc(Cl)c2)c1. The molecule has 23 heavy (non-hydrogen) atoms. The highest BCUT2D eigenvalue weighted by Gasteiger charge is 2.11. The van der Waals surface area contributed by atoms with Crippen LogP contribution < -0.4 is 10.6 Å². The van der Waals surface area contributed by atoms with Crippen LogP contribution in [0, 0.1) is 0 Å². The Kier molecular flexibility index (Phi) is 5.54. The number of anilines is 1. The summed E-state index contributed by atoms with van der Waals surface area (Å²) >= 11 is 16.8. The average Bonchev–Trinajstić information content (AvgIpc) is 2.49. The molecule has 0 aliphatic carbocycles. The predicted molar refractivity (Wildman–Crippen MR) is 93.6 cm³/mol. The van der Waals surface area contributed by atoms with Crippen molar-refractivity contribution >= 4 is 58.1 Å². The highest BCUT2D eigenvalue weighted by Crippen LogP contribution is 2.23. The van der Waals surface area contributed by atoms with E-state index in [9.17, 15) is 9.59 Å². The normalized spacial score (nSPS) is 10.0. The Hall–Kier alpha value is -2.15. The molecule has 118 valence electrons. The lowest BCUT2D eigenvalue weighted by molar-refractivity contribution is 0.0696. The third-order valence-corrected chi connectivity index (χ3v) is 3.54. The summed E-state index contributed by atoms with van der Waals surface area (Å²) in [6.07, 6.45) is 0. The highest BCUT2D eigenvalue weighted by molar-refractivity contribution is 7.80. The largest absolute Gasteiger partial charge is 0.478 e. The minimum Gasteiger partial charge on any atom is -0.478 e. The van der Waals surface area contributed by atoms with Crippen molar-refractivity contribution in [1.29, 1.82) is 0 Å². The number of aromatic carboxylic acids is 1. The molecule has 0 aromatic heterocycles. The molecule has 0 bridgehead atoms. The van der Waals surface area contributed by atoms with Crippen LogP contribution in [-0.2, 0) is 0 Å². The minimum absolute atomic E-state index is 0.0144. The number of rotatable bonds is 3. The van der Waals surface area contributed by atoms with E-state index in [1.807, 2.05) is 0 Å². The summed E-state index contributed by atoms with van der Waals surface area (Å²) in [4.78, 5) is 23.0. The van der Waals surface area contributed by atoms with Gasteiger partial charge in [0.05, 0.1) is 16.3 Å². The number of thiocarbonyl (C=S) groups is 1. The number of nitrogens with one attached hydrogen (secondary N) is 2. The van der Waals surface area contributed by atoms with Crippen LogP contribution in [0.5, 0.6) is 0 Å². The van der Waals surface area contributed by atoms with Gasteiger partial charge in [0, 0.05) is 10.6 Å². The molecule has 0 atom stereocenters. The lowest BCUT2D eigenvalue weighted by Gasteiger charge is -2.11. The lowest BCUT2D eigenvalue weighted by Crippen LogP contribution is -2.34. The molecule has 0 aliphatic rings. The third-order valence-electron chi connectivity index (χ3n) is 2.78. The Balaban J connectivity index is 2.09. The van der Waals surface area contributed by atoms with E-state index < -0.39 is 11.9 Å². The van der Waals surface area contributed by atoms with E-state index in [2.05, 4.69) is 10.6 Å². The van der Waals surface area contributed by atoms with Gasteiger partial charge >= 0.3 is 5.97 Å². The standard InChI is InChI=1S/C15H10Cl2N2O3S/c16-10-3-1-2-8(6-10)13(20)19-15(23)18-12-7-9(14(21)22)4-5-11(12)17/h1-7H,(H,21,22)(H2,18,19,20,23). The molecule has 2 rings (SSSR count). The molecule has 0 aliphatic heterocycles. The van der Waals surface area contributed by atoms with Crippen LogP contribution in [0.1, 0.15) is 20.7 Å². The van der Waals surface area contributed by atoms with Crippen molar-refractivity contribution in [3.63, 3.8) is 0 Å². The van der Waals surface area contributed by atoms with Gasteiger partial charge in [-0.2, -0.15) is 0 Å². The maximum atomic E-state index is 12.0. The van der Waals surface area contributed by atoms with E-state index >= 15 is 0 Å². The molecule has 2 aromatic carbocycles. The Labute approximate surface area is 147 Å². The van der Waals surface area contributed by atoms with Crippen LogP contribution in [0.25, 0.3) is 0 Å². The number of amides is 1. The molecule has 0 heterocycles. The molecular weight excluding hydrogens is 359 g/mol. The van der Waals surface area contributed by atoms with E-state index in [0.29, 0.717) is 10.6 Å². The number of carboxylic acid groups (broad SMARTS) is 1. The van der Waals surface area contributed by atoms with Crippen molar-refractivity contribution in [1.82, 2.24) is 5.32 Å². The number of benzene rings is 2. The Morgan fingerprint density at radius 2 is 1.78 bits per heavy atom. The number of carbonyl (C=O) groups is 2. The van der Waals surface area contributed by atoms with Crippen LogP contribution in [0.2, 0.25) is 10.0 Å². The second kappa shape index (κ2) is 7.41. The molecular formula is C15H10Cl2N2O3S. The summed E-state index contributed by atoms with van der Waals surface area (Å²) in [6, 6.07) is 10.5. The third kappa shape index (κ3) is 4.66. The summed E-state index contributed by atoms with van der Waals surface area (Å²) in [5.74, 6) is -1.55. The summed E-state index contributed by atoms with van der Waals surface area (Å²) in [7, 11) is 0. The molecule has 0 radical (unpaired) electrons. The zero-order valence-electron chi connectivity index (χ0n) is 11.5. The molecule has 0 saturated carbocycles. The topological polar surface area (TPSA) is 78.4 Å². The van der Waals surface area contributed by atoms with Gasteiger partial charge in [-0.1, -0.05) is 29.3 Å². The van der Waals surface area contributed by atoms with E-state index in [1.54, 1.807) is 18.2 Å². The summed E-state index contributed by atoms with van der Waals surface area (Å²) < 4.78 is 0. The maximum Gasteiger partial charge on any atom is 0.335 e. The maximum absolute atomic E-state index is 12.0. The molecule has 3 N–H and O–H groups in total. The van der Waals surface area contributed by atoms with Gasteiger partial charge < -0.3 is 10.4 Å². The lowest BCUT2D eigenvalue weighted by atomic mass is 10.2. The van der Waals surface area contributed by atoms with Crippen LogP contribution in [0.3, 0.4) is 0 Å². The quantitative estimate of drug-likeness (QED) is 0.717. The fourth-order valence-corrected chi connectivity index (χ4v) is 2.27. The van der Waals surface area contributed by atoms with Gasteiger partial charge in [-0.05, 0) is 48.6 Å². The van der Waals surface area contributed by atoms with Crippen LogP contribution in [0.15, 0.2) is 42.5 Å². The zero-order valence-corrected chi connectivity index (χ0v) is 13.8. The van der Waals surface area contributed by atoms with Gasteiger partial charge in [0.2, 0.25) is 0 Å². The van der Waals surface area contributed by atoms with E-state index in [4.69, 9.17) is 40.5 Å². The fraction of sp³-hybridized carbons (Fsp3) is 0. The molecule has 0 spiro atoms. The molecule has 5 nitrogen and oxygen atoms in total. The second-order valence-corrected chi connectivity index (χ2v) is 5.67. The first-order chi connectivity index (χ1) is 10.9. The minimum atomic E-state index is -1.10. The molecule has 2 aromatic rings. The highest BCUT2D eigenvalue weighted by atomic mass is 35.5. The number of carboxylic acids is 1. The second-order valence-electron chi connectivity index (χ2n) is 4.42. The Morgan fingerprint density at radius 3 is 2.43 bits per heavy atom. The van der Waals surface area contributed by atoms with Crippen LogP contribution >= 0.6 is 35.4 Å². The molecule has 0 unspecified atom stereocenters. The number of carbonyl (C=O) groups excluding carboxylic acids is 1.